The van der Waals surface area contributed by atoms with Gasteiger partial charge in [0.2, 0.25) is 5.91 Å². The van der Waals surface area contributed by atoms with Crippen LogP contribution in [0, 0.1) is 0 Å². The Morgan fingerprint density at radius 2 is 2.18 bits per heavy atom. The highest BCUT2D eigenvalue weighted by Crippen LogP contribution is 2.36. The first-order chi connectivity index (χ1) is 8.10. The number of rotatable bonds is 1. The molecule has 0 spiro atoms. The van der Waals surface area contributed by atoms with Crippen molar-refractivity contribution in [3.8, 4) is 0 Å². The number of carbonyl (C=O) groups is 1. The van der Waals surface area contributed by atoms with Crippen molar-refractivity contribution < 1.29 is 4.79 Å². The van der Waals surface area contributed by atoms with Gasteiger partial charge in [0.05, 0.1) is 5.54 Å². The number of fused-ring (bicyclic) bond motifs is 1. The van der Waals surface area contributed by atoms with Gasteiger partial charge in [0.25, 0.3) is 0 Å². The Morgan fingerprint density at radius 3 is 2.88 bits per heavy atom. The first kappa shape index (κ1) is 11.1. The molecule has 2 aliphatic rings. The average Bonchev–Trinajstić information content (AvgIpc) is 3.08. The number of hydrogen-bond donors (Lipinski definition) is 1. The minimum Gasteiger partial charge on any atom is -0.336 e. The second kappa shape index (κ2) is 3.72. The molecule has 0 unspecified atom stereocenters. The molecular weight excluding hydrogens is 236 g/mol. The summed E-state index contributed by atoms with van der Waals surface area (Å²) < 4.78 is 0. The van der Waals surface area contributed by atoms with Crippen molar-refractivity contribution in [1.82, 2.24) is 4.90 Å². The monoisotopic (exact) mass is 250 g/mol. The van der Waals surface area contributed by atoms with Gasteiger partial charge in [-0.2, -0.15) is 0 Å². The molecule has 1 aromatic carbocycles. The molecule has 0 aromatic heterocycles. The molecule has 1 aliphatic carbocycles. The molecule has 1 aromatic rings. The molecule has 4 heteroatoms. The van der Waals surface area contributed by atoms with Gasteiger partial charge in [-0.25, -0.2) is 0 Å². The van der Waals surface area contributed by atoms with Crippen LogP contribution in [0.3, 0.4) is 0 Å². The van der Waals surface area contributed by atoms with E-state index in [2.05, 4.69) is 0 Å². The SMILES string of the molecule is NC1(C(=O)N2CCc3c(Cl)cccc3C2)CC1. The molecular formula is C13H15ClN2O. The molecule has 3 rings (SSSR count). The van der Waals surface area contributed by atoms with Gasteiger partial charge in [-0.3, -0.25) is 4.79 Å². The standard InChI is InChI=1S/C13H15ClN2O/c14-11-3-1-2-9-8-16(7-4-10(9)11)12(17)13(15)5-6-13/h1-3H,4-8,15H2. The number of halogens is 1. The molecule has 1 saturated carbocycles. The van der Waals surface area contributed by atoms with Gasteiger partial charge < -0.3 is 10.6 Å². The van der Waals surface area contributed by atoms with Gasteiger partial charge in [-0.1, -0.05) is 23.7 Å². The van der Waals surface area contributed by atoms with Crippen LogP contribution in [0.15, 0.2) is 18.2 Å². The Hall–Kier alpha value is -1.06. The van der Waals surface area contributed by atoms with E-state index in [9.17, 15) is 4.79 Å². The second-order valence-electron chi connectivity index (χ2n) is 5.01. The first-order valence-corrected chi connectivity index (χ1v) is 6.32. The van der Waals surface area contributed by atoms with E-state index in [4.69, 9.17) is 17.3 Å². The van der Waals surface area contributed by atoms with Gasteiger partial charge in [0.15, 0.2) is 0 Å². The van der Waals surface area contributed by atoms with Crippen molar-refractivity contribution in [2.24, 2.45) is 5.73 Å². The third kappa shape index (κ3) is 1.83. The highest BCUT2D eigenvalue weighted by atomic mass is 35.5. The third-order valence-corrected chi connectivity index (χ3v) is 4.06. The van der Waals surface area contributed by atoms with Gasteiger partial charge in [-0.05, 0) is 36.5 Å². The van der Waals surface area contributed by atoms with Crippen LogP contribution in [0.1, 0.15) is 24.0 Å². The summed E-state index contributed by atoms with van der Waals surface area (Å²) in [6.07, 6.45) is 2.48. The lowest BCUT2D eigenvalue weighted by molar-refractivity contribution is -0.134. The maximum Gasteiger partial charge on any atom is 0.242 e. The van der Waals surface area contributed by atoms with Crippen LogP contribution in [0.25, 0.3) is 0 Å². The maximum atomic E-state index is 12.1. The highest BCUT2D eigenvalue weighted by Gasteiger charge is 2.48. The molecule has 90 valence electrons. The lowest BCUT2D eigenvalue weighted by Gasteiger charge is -2.31. The summed E-state index contributed by atoms with van der Waals surface area (Å²) in [5.41, 5.74) is 7.73. The van der Waals surface area contributed by atoms with Crippen LogP contribution in [-0.4, -0.2) is 22.9 Å². The maximum absolute atomic E-state index is 12.1. The molecule has 1 fully saturated rings. The van der Waals surface area contributed by atoms with E-state index in [1.165, 1.54) is 5.56 Å². The van der Waals surface area contributed by atoms with Crippen molar-refractivity contribution >= 4 is 17.5 Å². The molecule has 1 heterocycles. The van der Waals surface area contributed by atoms with Crippen molar-refractivity contribution in [3.05, 3.63) is 34.3 Å². The number of nitrogens with two attached hydrogens (primary N) is 1. The molecule has 0 atom stereocenters. The molecule has 17 heavy (non-hydrogen) atoms. The summed E-state index contributed by atoms with van der Waals surface area (Å²) in [5, 5.41) is 0.809. The summed E-state index contributed by atoms with van der Waals surface area (Å²) in [7, 11) is 0. The van der Waals surface area contributed by atoms with Crippen LogP contribution in [0.4, 0.5) is 0 Å². The van der Waals surface area contributed by atoms with E-state index in [0.717, 1.165) is 36.4 Å². The summed E-state index contributed by atoms with van der Waals surface area (Å²) in [5.74, 6) is 0.100. The quantitative estimate of drug-likeness (QED) is 0.825. The highest BCUT2D eigenvalue weighted by molar-refractivity contribution is 6.31. The van der Waals surface area contributed by atoms with E-state index in [-0.39, 0.29) is 5.91 Å². The van der Waals surface area contributed by atoms with E-state index in [1.807, 2.05) is 23.1 Å². The predicted octanol–water partition coefficient (Wildman–Crippen LogP) is 1.72. The summed E-state index contributed by atoms with van der Waals surface area (Å²) in [6.45, 7) is 1.38. The van der Waals surface area contributed by atoms with Crippen molar-refractivity contribution in [3.63, 3.8) is 0 Å². The average molecular weight is 251 g/mol. The minimum absolute atomic E-state index is 0.100. The minimum atomic E-state index is -0.559. The van der Waals surface area contributed by atoms with Crippen LogP contribution in [0.2, 0.25) is 5.02 Å². The smallest absolute Gasteiger partial charge is 0.242 e. The molecule has 2 N–H and O–H groups in total. The fourth-order valence-electron chi connectivity index (χ4n) is 2.40. The zero-order valence-corrected chi connectivity index (χ0v) is 10.3. The Kier molecular flexibility index (Phi) is 2.42. The van der Waals surface area contributed by atoms with Crippen LogP contribution >= 0.6 is 11.6 Å². The van der Waals surface area contributed by atoms with Gasteiger partial charge in [-0.15, -0.1) is 0 Å². The lowest BCUT2D eigenvalue weighted by atomic mass is 9.99. The number of benzene rings is 1. The van der Waals surface area contributed by atoms with Gasteiger partial charge in [0.1, 0.15) is 0 Å². The molecule has 1 aliphatic heterocycles. The number of carbonyl (C=O) groups excluding carboxylic acids is 1. The Bertz CT molecular complexity index is 482. The van der Waals surface area contributed by atoms with Crippen LogP contribution in [0.5, 0.6) is 0 Å². The lowest BCUT2D eigenvalue weighted by Crippen LogP contribution is -2.47. The molecule has 1 amide bonds. The zero-order chi connectivity index (χ0) is 12.0. The van der Waals surface area contributed by atoms with Crippen molar-refractivity contribution in [2.75, 3.05) is 6.54 Å². The van der Waals surface area contributed by atoms with Crippen molar-refractivity contribution in [2.45, 2.75) is 31.3 Å². The van der Waals surface area contributed by atoms with E-state index < -0.39 is 5.54 Å². The second-order valence-corrected chi connectivity index (χ2v) is 5.42. The topological polar surface area (TPSA) is 46.3 Å². The van der Waals surface area contributed by atoms with E-state index in [1.54, 1.807) is 0 Å². The molecule has 3 nitrogen and oxygen atoms in total. The van der Waals surface area contributed by atoms with E-state index in [0.29, 0.717) is 6.54 Å². The van der Waals surface area contributed by atoms with Gasteiger partial charge in [0, 0.05) is 18.1 Å². The number of amides is 1. The predicted molar refractivity (Wildman–Crippen MR) is 66.7 cm³/mol. The van der Waals surface area contributed by atoms with Crippen LogP contribution in [-0.2, 0) is 17.8 Å². The van der Waals surface area contributed by atoms with E-state index >= 15 is 0 Å². The first-order valence-electron chi connectivity index (χ1n) is 5.95. The normalized spacial score (nSPS) is 20.9. The fraction of sp³-hybridized carbons (Fsp3) is 0.462. The largest absolute Gasteiger partial charge is 0.336 e. The fourth-order valence-corrected chi connectivity index (χ4v) is 2.69. The van der Waals surface area contributed by atoms with Crippen molar-refractivity contribution in [1.29, 1.82) is 0 Å². The number of nitrogens with zero attached hydrogens (tertiary/aromatic N) is 1. The summed E-state index contributed by atoms with van der Waals surface area (Å²) in [4.78, 5) is 14.0. The Balaban J connectivity index is 1.83. The Labute approximate surface area is 106 Å². The summed E-state index contributed by atoms with van der Waals surface area (Å²) >= 11 is 6.14. The molecule has 0 saturated heterocycles. The Morgan fingerprint density at radius 1 is 1.41 bits per heavy atom. The van der Waals surface area contributed by atoms with Gasteiger partial charge >= 0.3 is 0 Å². The van der Waals surface area contributed by atoms with Crippen LogP contribution < -0.4 is 5.73 Å². The molecule has 0 radical (unpaired) electrons. The number of hydrogen-bond acceptors (Lipinski definition) is 2. The third-order valence-electron chi connectivity index (χ3n) is 3.71. The summed E-state index contributed by atoms with van der Waals surface area (Å²) in [6, 6.07) is 5.88. The molecule has 0 bridgehead atoms. The zero-order valence-electron chi connectivity index (χ0n) is 9.58.